The Hall–Kier alpha value is -1.51. The lowest BCUT2D eigenvalue weighted by molar-refractivity contribution is 0.0938. The number of carbonyl (C=O) groups excluding carboxylic acids is 1. The van der Waals surface area contributed by atoms with Crippen molar-refractivity contribution in [3.8, 4) is 0 Å². The number of rotatable bonds is 6. The maximum absolute atomic E-state index is 11.9. The summed E-state index contributed by atoms with van der Waals surface area (Å²) in [6.07, 6.45) is 3.39. The minimum absolute atomic E-state index is 0.0213. The van der Waals surface area contributed by atoms with Crippen molar-refractivity contribution in [1.82, 2.24) is 5.32 Å². The highest BCUT2D eigenvalue weighted by Crippen LogP contribution is 2.09. The van der Waals surface area contributed by atoms with Crippen LogP contribution in [-0.4, -0.2) is 11.9 Å². The molecule has 3 nitrogen and oxygen atoms in total. The van der Waals surface area contributed by atoms with Crippen molar-refractivity contribution in [3.63, 3.8) is 0 Å². The summed E-state index contributed by atoms with van der Waals surface area (Å²) in [5.41, 5.74) is 6.93. The standard InChI is InChI=1S/C15H24N2O/c1-11(2)5-4-6-12(3)17-15(18)13-7-9-14(16)10-8-13/h7-12H,4-6,16H2,1-3H3,(H,17,18). The number of carbonyl (C=O) groups is 1. The van der Waals surface area contributed by atoms with Crippen LogP contribution in [0.25, 0.3) is 0 Å². The zero-order valence-electron chi connectivity index (χ0n) is 11.6. The zero-order chi connectivity index (χ0) is 13.5. The Kier molecular flexibility index (Phi) is 5.69. The SMILES string of the molecule is CC(C)CCCC(C)NC(=O)c1ccc(N)cc1. The fraction of sp³-hybridized carbons (Fsp3) is 0.533. The van der Waals surface area contributed by atoms with Crippen LogP contribution in [0.2, 0.25) is 0 Å². The van der Waals surface area contributed by atoms with Crippen molar-refractivity contribution >= 4 is 11.6 Å². The predicted octanol–water partition coefficient (Wildman–Crippen LogP) is 3.21. The van der Waals surface area contributed by atoms with Crippen LogP contribution in [0.4, 0.5) is 5.69 Å². The highest BCUT2D eigenvalue weighted by molar-refractivity contribution is 5.94. The first-order chi connectivity index (χ1) is 8.49. The second-order valence-electron chi connectivity index (χ2n) is 5.32. The lowest BCUT2D eigenvalue weighted by atomic mass is 10.0. The molecule has 3 heteroatoms. The summed E-state index contributed by atoms with van der Waals surface area (Å²) in [4.78, 5) is 11.9. The minimum atomic E-state index is -0.0213. The highest BCUT2D eigenvalue weighted by Gasteiger charge is 2.09. The van der Waals surface area contributed by atoms with Gasteiger partial charge in [0.15, 0.2) is 0 Å². The maximum atomic E-state index is 11.9. The van der Waals surface area contributed by atoms with E-state index in [-0.39, 0.29) is 11.9 Å². The Bertz CT molecular complexity index is 371. The van der Waals surface area contributed by atoms with E-state index in [0.29, 0.717) is 11.3 Å². The largest absolute Gasteiger partial charge is 0.399 e. The van der Waals surface area contributed by atoms with Crippen LogP contribution in [-0.2, 0) is 0 Å². The van der Waals surface area contributed by atoms with Crippen LogP contribution in [0.1, 0.15) is 50.4 Å². The molecule has 0 fully saturated rings. The number of nitrogens with two attached hydrogens (primary N) is 1. The molecule has 1 unspecified atom stereocenters. The first-order valence-electron chi connectivity index (χ1n) is 6.65. The number of hydrogen-bond donors (Lipinski definition) is 2. The van der Waals surface area contributed by atoms with Crippen LogP contribution < -0.4 is 11.1 Å². The van der Waals surface area contributed by atoms with E-state index in [0.717, 1.165) is 18.8 Å². The van der Waals surface area contributed by atoms with E-state index >= 15 is 0 Å². The molecule has 0 spiro atoms. The Labute approximate surface area is 110 Å². The first-order valence-corrected chi connectivity index (χ1v) is 6.65. The van der Waals surface area contributed by atoms with Gasteiger partial charge in [-0.15, -0.1) is 0 Å². The van der Waals surface area contributed by atoms with E-state index in [1.165, 1.54) is 6.42 Å². The molecule has 1 atom stereocenters. The van der Waals surface area contributed by atoms with Gasteiger partial charge in [0.05, 0.1) is 0 Å². The summed E-state index contributed by atoms with van der Waals surface area (Å²) in [6, 6.07) is 7.22. The number of nitrogen functional groups attached to an aromatic ring is 1. The van der Waals surface area contributed by atoms with E-state index < -0.39 is 0 Å². The zero-order valence-corrected chi connectivity index (χ0v) is 11.6. The summed E-state index contributed by atoms with van der Waals surface area (Å²) in [5, 5.41) is 3.01. The van der Waals surface area contributed by atoms with Crippen LogP contribution in [0.3, 0.4) is 0 Å². The van der Waals surface area contributed by atoms with Gasteiger partial charge in [0, 0.05) is 17.3 Å². The Morgan fingerprint density at radius 2 is 1.78 bits per heavy atom. The summed E-state index contributed by atoms with van der Waals surface area (Å²) < 4.78 is 0. The van der Waals surface area contributed by atoms with E-state index in [4.69, 9.17) is 5.73 Å². The van der Waals surface area contributed by atoms with Crippen LogP contribution in [0, 0.1) is 5.92 Å². The van der Waals surface area contributed by atoms with Crippen molar-refractivity contribution in [2.24, 2.45) is 5.92 Å². The molecule has 0 saturated carbocycles. The second kappa shape index (κ2) is 7.04. The molecule has 18 heavy (non-hydrogen) atoms. The minimum Gasteiger partial charge on any atom is -0.399 e. The predicted molar refractivity (Wildman–Crippen MR) is 76.5 cm³/mol. The van der Waals surface area contributed by atoms with E-state index in [9.17, 15) is 4.79 Å². The molecule has 1 amide bonds. The number of anilines is 1. The maximum Gasteiger partial charge on any atom is 0.251 e. The number of benzene rings is 1. The van der Waals surface area contributed by atoms with Gasteiger partial charge in [-0.05, 0) is 43.5 Å². The number of amides is 1. The molecule has 1 aromatic rings. The molecule has 0 radical (unpaired) electrons. The molecule has 0 heterocycles. The van der Waals surface area contributed by atoms with Crippen molar-refractivity contribution in [3.05, 3.63) is 29.8 Å². The molecule has 0 aliphatic heterocycles. The van der Waals surface area contributed by atoms with Crippen molar-refractivity contribution in [1.29, 1.82) is 0 Å². The topological polar surface area (TPSA) is 55.1 Å². The van der Waals surface area contributed by atoms with Gasteiger partial charge in [0.25, 0.3) is 5.91 Å². The molecule has 0 aromatic heterocycles. The normalized spacial score (nSPS) is 12.4. The molecule has 100 valence electrons. The Morgan fingerprint density at radius 3 is 2.33 bits per heavy atom. The molecule has 0 bridgehead atoms. The van der Waals surface area contributed by atoms with Crippen LogP contribution in [0.5, 0.6) is 0 Å². The number of nitrogens with one attached hydrogen (secondary N) is 1. The average molecular weight is 248 g/mol. The van der Waals surface area contributed by atoms with Crippen molar-refractivity contribution in [2.75, 3.05) is 5.73 Å². The molecule has 0 aliphatic carbocycles. The van der Waals surface area contributed by atoms with Gasteiger partial charge in [0.1, 0.15) is 0 Å². The van der Waals surface area contributed by atoms with E-state index in [1.807, 2.05) is 0 Å². The van der Waals surface area contributed by atoms with Crippen molar-refractivity contribution in [2.45, 2.75) is 46.1 Å². The summed E-state index contributed by atoms with van der Waals surface area (Å²) >= 11 is 0. The monoisotopic (exact) mass is 248 g/mol. The molecular formula is C15H24N2O. The lowest BCUT2D eigenvalue weighted by Gasteiger charge is -2.14. The van der Waals surface area contributed by atoms with Gasteiger partial charge in [-0.3, -0.25) is 4.79 Å². The first kappa shape index (κ1) is 14.6. The lowest BCUT2D eigenvalue weighted by Crippen LogP contribution is -2.32. The quantitative estimate of drug-likeness (QED) is 0.759. The molecule has 3 N–H and O–H groups in total. The van der Waals surface area contributed by atoms with E-state index in [2.05, 4.69) is 26.1 Å². The average Bonchev–Trinajstić information content (AvgIpc) is 2.29. The fourth-order valence-electron chi connectivity index (χ4n) is 1.85. The van der Waals surface area contributed by atoms with Gasteiger partial charge in [-0.25, -0.2) is 0 Å². The van der Waals surface area contributed by atoms with Crippen LogP contribution in [0.15, 0.2) is 24.3 Å². The highest BCUT2D eigenvalue weighted by atomic mass is 16.1. The summed E-state index contributed by atoms with van der Waals surface area (Å²) in [6.45, 7) is 6.49. The molecule has 0 saturated heterocycles. The smallest absolute Gasteiger partial charge is 0.251 e. The molecule has 0 aliphatic rings. The van der Waals surface area contributed by atoms with Gasteiger partial charge in [-0.2, -0.15) is 0 Å². The molecule has 1 aromatic carbocycles. The summed E-state index contributed by atoms with van der Waals surface area (Å²) in [7, 11) is 0. The third-order valence-electron chi connectivity index (χ3n) is 2.97. The number of hydrogen-bond acceptors (Lipinski definition) is 2. The van der Waals surface area contributed by atoms with E-state index in [1.54, 1.807) is 24.3 Å². The van der Waals surface area contributed by atoms with Gasteiger partial charge in [-0.1, -0.05) is 26.7 Å². The van der Waals surface area contributed by atoms with Crippen LogP contribution >= 0.6 is 0 Å². The second-order valence-corrected chi connectivity index (χ2v) is 5.32. The third kappa shape index (κ3) is 5.21. The van der Waals surface area contributed by atoms with Crippen molar-refractivity contribution < 1.29 is 4.79 Å². The molecular weight excluding hydrogens is 224 g/mol. The fourth-order valence-corrected chi connectivity index (χ4v) is 1.85. The van der Waals surface area contributed by atoms with Gasteiger partial charge in [0.2, 0.25) is 0 Å². The summed E-state index contributed by atoms with van der Waals surface area (Å²) in [5.74, 6) is 0.706. The van der Waals surface area contributed by atoms with Gasteiger partial charge >= 0.3 is 0 Å². The third-order valence-corrected chi connectivity index (χ3v) is 2.97. The van der Waals surface area contributed by atoms with Gasteiger partial charge < -0.3 is 11.1 Å². The Balaban J connectivity index is 2.37. The Morgan fingerprint density at radius 1 is 1.17 bits per heavy atom. The molecule has 1 rings (SSSR count).